The summed E-state index contributed by atoms with van der Waals surface area (Å²) in [6, 6.07) is 2.80. The van der Waals surface area contributed by atoms with Crippen molar-refractivity contribution < 1.29 is 23.1 Å². The van der Waals surface area contributed by atoms with Crippen LogP contribution in [0.25, 0.3) is 0 Å². The molecule has 1 aromatic heterocycles. The van der Waals surface area contributed by atoms with Gasteiger partial charge in [-0.1, -0.05) is 0 Å². The number of allylic oxidation sites excluding steroid dienone is 1. The lowest BCUT2D eigenvalue weighted by molar-refractivity contribution is 0.0692. The van der Waals surface area contributed by atoms with Crippen LogP contribution in [0.15, 0.2) is 35.3 Å². The van der Waals surface area contributed by atoms with Gasteiger partial charge in [0.2, 0.25) is 0 Å². The number of hydrogen-bond donors (Lipinski definition) is 1. The Morgan fingerprint density at radius 2 is 2.12 bits per heavy atom. The highest BCUT2D eigenvalue weighted by Gasteiger charge is 2.12. The van der Waals surface area contributed by atoms with E-state index in [2.05, 4.69) is 4.98 Å². The first kappa shape index (κ1) is 13.6. The Balaban J connectivity index is 2.64. The van der Waals surface area contributed by atoms with Gasteiger partial charge in [0, 0.05) is 18.4 Å². The normalized spacial score (nSPS) is 10.1. The lowest BCUT2D eigenvalue weighted by Crippen LogP contribution is -2.00. The van der Waals surface area contributed by atoms with Gasteiger partial charge >= 0.3 is 12.0 Å². The van der Waals surface area contributed by atoms with Gasteiger partial charge in [0.15, 0.2) is 5.83 Å². The maximum Gasteiger partial charge on any atom is 0.338 e. The van der Waals surface area contributed by atoms with Crippen LogP contribution in [-0.2, 0) is 0 Å². The molecule has 0 aliphatic rings. The van der Waals surface area contributed by atoms with Crippen LogP contribution in [0.4, 0.5) is 13.2 Å². The Morgan fingerprint density at radius 1 is 1.41 bits per heavy atom. The van der Waals surface area contributed by atoms with E-state index in [4.69, 9.17) is 5.11 Å². The van der Waals surface area contributed by atoms with Crippen molar-refractivity contribution in [1.82, 2.24) is 4.98 Å². The number of hydrogen-bond acceptors (Lipinski definition) is 3. The second-order valence-electron chi connectivity index (χ2n) is 2.93. The monoisotopic (exact) mass is 263 g/mol. The average Bonchev–Trinajstić information content (AvgIpc) is 2.29. The van der Waals surface area contributed by atoms with Crippen molar-refractivity contribution in [1.29, 1.82) is 0 Å². The minimum Gasteiger partial charge on any atom is -0.478 e. The number of carbonyl (C=O) groups is 1. The molecule has 0 saturated heterocycles. The summed E-state index contributed by atoms with van der Waals surface area (Å²) in [5, 5.41) is 8.99. The molecular formula is C10H8F3NO2S. The molecule has 0 unspecified atom stereocenters. The Kier molecular flexibility index (Phi) is 5.02. The van der Waals surface area contributed by atoms with Crippen molar-refractivity contribution in [2.24, 2.45) is 0 Å². The maximum atomic E-state index is 12.5. The van der Waals surface area contributed by atoms with Gasteiger partial charge in [0.05, 0.1) is 5.56 Å². The fraction of sp³-hybridized carbons (Fsp3) is 0.200. The van der Waals surface area contributed by atoms with Crippen LogP contribution >= 0.6 is 11.8 Å². The summed E-state index contributed by atoms with van der Waals surface area (Å²) in [5.41, 5.74) is -0.0254. The fourth-order valence-corrected chi connectivity index (χ4v) is 1.92. The molecule has 17 heavy (non-hydrogen) atoms. The highest BCUT2D eigenvalue weighted by atomic mass is 32.2. The van der Waals surface area contributed by atoms with Gasteiger partial charge in [-0.25, -0.2) is 14.2 Å². The first-order valence-corrected chi connectivity index (χ1v) is 5.51. The fourth-order valence-electron chi connectivity index (χ4n) is 1.00. The lowest BCUT2D eigenvalue weighted by atomic mass is 10.3. The number of carboxylic acid groups (broad SMARTS) is 1. The Hall–Kier alpha value is -1.50. The van der Waals surface area contributed by atoms with Crippen molar-refractivity contribution in [2.45, 2.75) is 11.4 Å². The number of carboxylic acids is 1. The SMILES string of the molecule is O=C(O)c1cccnc1SCCC(F)=C(F)F. The molecule has 0 aromatic carbocycles. The van der Waals surface area contributed by atoms with E-state index in [1.165, 1.54) is 18.3 Å². The van der Waals surface area contributed by atoms with Gasteiger partial charge in [-0.05, 0) is 12.1 Å². The van der Waals surface area contributed by atoms with E-state index in [9.17, 15) is 18.0 Å². The van der Waals surface area contributed by atoms with Crippen molar-refractivity contribution in [3.8, 4) is 0 Å². The van der Waals surface area contributed by atoms with E-state index in [0.29, 0.717) is 0 Å². The van der Waals surface area contributed by atoms with Crippen molar-refractivity contribution >= 4 is 17.7 Å². The zero-order valence-corrected chi connectivity index (χ0v) is 9.31. The van der Waals surface area contributed by atoms with E-state index >= 15 is 0 Å². The zero-order chi connectivity index (χ0) is 12.8. The summed E-state index contributed by atoms with van der Waals surface area (Å²) >= 11 is 0.922. The number of halogens is 3. The molecule has 0 spiro atoms. The lowest BCUT2D eigenvalue weighted by Gasteiger charge is -2.03. The van der Waals surface area contributed by atoms with Crippen LogP contribution in [0.3, 0.4) is 0 Å². The molecule has 1 rings (SSSR count). The summed E-state index contributed by atoms with van der Waals surface area (Å²) in [6.07, 6.45) is -1.41. The second kappa shape index (κ2) is 6.29. The van der Waals surface area contributed by atoms with E-state index in [-0.39, 0.29) is 16.3 Å². The topological polar surface area (TPSA) is 50.2 Å². The summed E-state index contributed by atoms with van der Waals surface area (Å²) in [4.78, 5) is 14.6. The molecule has 0 atom stereocenters. The molecule has 1 aromatic rings. The van der Waals surface area contributed by atoms with Crippen LogP contribution in [-0.4, -0.2) is 21.8 Å². The Bertz CT molecular complexity index is 447. The van der Waals surface area contributed by atoms with E-state index in [1.54, 1.807) is 0 Å². The van der Waals surface area contributed by atoms with E-state index in [0.717, 1.165) is 11.8 Å². The second-order valence-corrected chi connectivity index (χ2v) is 4.01. The predicted octanol–water partition coefficient (Wildman–Crippen LogP) is 3.34. The summed E-state index contributed by atoms with van der Waals surface area (Å²) < 4.78 is 36.0. The first-order valence-electron chi connectivity index (χ1n) is 4.53. The van der Waals surface area contributed by atoms with Crippen LogP contribution < -0.4 is 0 Å². The molecule has 0 saturated carbocycles. The molecule has 0 radical (unpaired) electrons. The molecule has 0 fully saturated rings. The summed E-state index contributed by atoms with van der Waals surface area (Å²) in [5.74, 6) is -2.64. The maximum absolute atomic E-state index is 12.5. The largest absolute Gasteiger partial charge is 0.478 e. The van der Waals surface area contributed by atoms with Gasteiger partial charge in [0.1, 0.15) is 5.03 Å². The minimum atomic E-state index is -2.34. The third kappa shape index (κ3) is 4.10. The van der Waals surface area contributed by atoms with Gasteiger partial charge in [0.25, 0.3) is 0 Å². The van der Waals surface area contributed by atoms with E-state index < -0.39 is 24.3 Å². The molecule has 0 aliphatic heterocycles. The number of rotatable bonds is 5. The van der Waals surface area contributed by atoms with Gasteiger partial charge < -0.3 is 5.11 Å². The van der Waals surface area contributed by atoms with Crippen molar-refractivity contribution in [3.63, 3.8) is 0 Å². The summed E-state index contributed by atoms with van der Waals surface area (Å²) in [7, 11) is 0. The molecular weight excluding hydrogens is 255 g/mol. The minimum absolute atomic E-state index is 0.000463. The van der Waals surface area contributed by atoms with Gasteiger partial charge in [-0.2, -0.15) is 8.78 Å². The highest BCUT2D eigenvalue weighted by molar-refractivity contribution is 7.99. The number of pyridine rings is 1. The van der Waals surface area contributed by atoms with Crippen molar-refractivity contribution in [3.05, 3.63) is 35.8 Å². The molecule has 1 N–H and O–H groups in total. The van der Waals surface area contributed by atoms with Crippen LogP contribution in [0.5, 0.6) is 0 Å². The molecule has 0 amide bonds. The highest BCUT2D eigenvalue weighted by Crippen LogP contribution is 2.23. The smallest absolute Gasteiger partial charge is 0.338 e. The summed E-state index contributed by atoms with van der Waals surface area (Å²) in [6.45, 7) is 0. The molecule has 92 valence electrons. The predicted molar refractivity (Wildman–Crippen MR) is 56.9 cm³/mol. The van der Waals surface area contributed by atoms with Crippen molar-refractivity contribution in [2.75, 3.05) is 5.75 Å². The number of aromatic nitrogens is 1. The molecule has 1 heterocycles. The zero-order valence-electron chi connectivity index (χ0n) is 8.49. The molecule has 0 aliphatic carbocycles. The third-order valence-electron chi connectivity index (χ3n) is 1.77. The average molecular weight is 263 g/mol. The third-order valence-corrected chi connectivity index (χ3v) is 2.77. The molecule has 7 heteroatoms. The molecule has 0 bridgehead atoms. The first-order chi connectivity index (χ1) is 8.02. The number of aromatic carboxylic acids is 1. The van der Waals surface area contributed by atoms with Crippen LogP contribution in [0.2, 0.25) is 0 Å². The number of thioether (sulfide) groups is 1. The quantitative estimate of drug-likeness (QED) is 0.828. The molecule has 3 nitrogen and oxygen atoms in total. The van der Waals surface area contributed by atoms with Crippen LogP contribution in [0, 0.1) is 0 Å². The number of nitrogens with zero attached hydrogens (tertiary/aromatic N) is 1. The van der Waals surface area contributed by atoms with Gasteiger partial charge in [-0.3, -0.25) is 0 Å². The van der Waals surface area contributed by atoms with Crippen LogP contribution in [0.1, 0.15) is 16.8 Å². The Morgan fingerprint density at radius 3 is 2.71 bits per heavy atom. The van der Waals surface area contributed by atoms with E-state index in [1.807, 2.05) is 0 Å². The standard InChI is InChI=1S/C10H8F3NO2S/c11-7(8(12)13)3-5-17-9-6(10(15)16)2-1-4-14-9/h1-2,4H,3,5H2,(H,15,16). The van der Waals surface area contributed by atoms with Gasteiger partial charge in [-0.15, -0.1) is 11.8 Å². The Labute approximate surface area is 99.4 Å².